The van der Waals surface area contributed by atoms with Gasteiger partial charge in [0.05, 0.1) is 11.0 Å². The molecule has 0 radical (unpaired) electrons. The minimum atomic E-state index is -0.226. The summed E-state index contributed by atoms with van der Waals surface area (Å²) in [7, 11) is 0. The number of anilines is 1. The van der Waals surface area contributed by atoms with E-state index in [1.54, 1.807) is 16.8 Å². The summed E-state index contributed by atoms with van der Waals surface area (Å²) >= 11 is 9.50. The van der Waals surface area contributed by atoms with Gasteiger partial charge in [-0.05, 0) is 63.5 Å². The van der Waals surface area contributed by atoms with Crippen LogP contribution in [-0.2, 0) is 13.2 Å². The van der Waals surface area contributed by atoms with Crippen LogP contribution in [0.2, 0.25) is 5.02 Å². The van der Waals surface area contributed by atoms with E-state index in [-0.39, 0.29) is 5.91 Å². The summed E-state index contributed by atoms with van der Waals surface area (Å²) in [5.74, 6) is 1.01. The predicted octanol–water partition coefficient (Wildman–Crippen LogP) is 6.18. The summed E-state index contributed by atoms with van der Waals surface area (Å²) in [6.45, 7) is 0.927. The second-order valence-electron chi connectivity index (χ2n) is 6.90. The Bertz CT molecular complexity index is 1210. The molecule has 1 aromatic heterocycles. The lowest BCUT2D eigenvalue weighted by Crippen LogP contribution is -2.13. The number of halogens is 2. The lowest BCUT2D eigenvalue weighted by molar-refractivity contribution is 0.102. The molecule has 156 valence electrons. The van der Waals surface area contributed by atoms with Crippen LogP contribution in [0.3, 0.4) is 0 Å². The third kappa shape index (κ3) is 5.75. The number of amides is 1. The zero-order valence-electron chi connectivity index (χ0n) is 16.5. The van der Waals surface area contributed by atoms with E-state index in [9.17, 15) is 4.79 Å². The molecule has 0 saturated carbocycles. The molecule has 0 saturated heterocycles. The van der Waals surface area contributed by atoms with Gasteiger partial charge in [-0.3, -0.25) is 9.48 Å². The third-order valence-electron chi connectivity index (χ3n) is 4.54. The lowest BCUT2D eigenvalue weighted by Gasteiger charge is -2.09. The van der Waals surface area contributed by atoms with E-state index in [2.05, 4.69) is 26.3 Å². The number of para-hydroxylation sites is 1. The van der Waals surface area contributed by atoms with Crippen LogP contribution in [0.5, 0.6) is 5.75 Å². The molecule has 5 nitrogen and oxygen atoms in total. The maximum Gasteiger partial charge on any atom is 0.256 e. The average molecular weight is 497 g/mol. The molecule has 3 aromatic carbocycles. The minimum absolute atomic E-state index is 0.226. The number of rotatable bonds is 7. The van der Waals surface area contributed by atoms with Crippen LogP contribution in [0.4, 0.5) is 5.82 Å². The van der Waals surface area contributed by atoms with E-state index in [4.69, 9.17) is 16.3 Å². The Hall–Kier alpha value is -3.09. The number of hydrogen-bond donors (Lipinski definition) is 1. The highest BCUT2D eigenvalue weighted by molar-refractivity contribution is 9.10. The van der Waals surface area contributed by atoms with Gasteiger partial charge in [-0.15, -0.1) is 0 Å². The van der Waals surface area contributed by atoms with Gasteiger partial charge in [-0.25, -0.2) is 0 Å². The van der Waals surface area contributed by atoms with Crippen molar-refractivity contribution >= 4 is 39.3 Å². The minimum Gasteiger partial charge on any atom is -0.488 e. The number of carbonyl (C=O) groups is 1. The summed E-state index contributed by atoms with van der Waals surface area (Å²) < 4.78 is 8.48. The maximum atomic E-state index is 12.7. The Morgan fingerprint density at radius 2 is 1.81 bits per heavy atom. The molecule has 0 aliphatic heterocycles. The first kappa shape index (κ1) is 21.2. The molecule has 0 unspecified atom stereocenters. The SMILES string of the molecule is O=C(Nc1ccn(Cc2cccc(Cl)c2)n1)c1cccc(COc2ccccc2Br)c1. The van der Waals surface area contributed by atoms with Gasteiger partial charge in [-0.1, -0.05) is 48.0 Å². The summed E-state index contributed by atoms with van der Waals surface area (Å²) in [6.07, 6.45) is 1.82. The molecule has 0 bridgehead atoms. The molecule has 31 heavy (non-hydrogen) atoms. The molecule has 0 fully saturated rings. The van der Waals surface area contributed by atoms with E-state index < -0.39 is 0 Å². The lowest BCUT2D eigenvalue weighted by atomic mass is 10.1. The van der Waals surface area contributed by atoms with E-state index in [1.807, 2.05) is 72.9 Å². The predicted molar refractivity (Wildman–Crippen MR) is 126 cm³/mol. The number of hydrogen-bond acceptors (Lipinski definition) is 3. The van der Waals surface area contributed by atoms with Crippen LogP contribution in [0.1, 0.15) is 21.5 Å². The fourth-order valence-corrected chi connectivity index (χ4v) is 3.66. The standard InChI is InChI=1S/C24H19BrClN3O2/c25-21-9-1-2-10-22(21)31-16-18-6-3-7-19(13-18)24(30)27-23-11-12-29(28-23)15-17-5-4-8-20(26)14-17/h1-14H,15-16H2,(H,27,28,30). The van der Waals surface area contributed by atoms with Gasteiger partial charge in [0.15, 0.2) is 5.82 Å². The van der Waals surface area contributed by atoms with Gasteiger partial charge in [0.1, 0.15) is 12.4 Å². The number of benzene rings is 3. The molecule has 1 heterocycles. The molecular weight excluding hydrogens is 478 g/mol. The highest BCUT2D eigenvalue weighted by atomic mass is 79.9. The smallest absolute Gasteiger partial charge is 0.256 e. The van der Waals surface area contributed by atoms with E-state index >= 15 is 0 Å². The maximum absolute atomic E-state index is 12.7. The van der Waals surface area contributed by atoms with Gasteiger partial charge >= 0.3 is 0 Å². The van der Waals surface area contributed by atoms with Crippen molar-refractivity contribution in [2.75, 3.05) is 5.32 Å². The second-order valence-corrected chi connectivity index (χ2v) is 8.19. The van der Waals surface area contributed by atoms with Crippen LogP contribution in [0.25, 0.3) is 0 Å². The number of aromatic nitrogens is 2. The molecule has 4 rings (SSSR count). The third-order valence-corrected chi connectivity index (χ3v) is 5.43. The molecule has 1 amide bonds. The Morgan fingerprint density at radius 1 is 1.00 bits per heavy atom. The normalized spacial score (nSPS) is 10.6. The molecule has 0 aliphatic carbocycles. The molecule has 0 aliphatic rings. The van der Waals surface area contributed by atoms with Crippen molar-refractivity contribution in [1.82, 2.24) is 9.78 Å². The van der Waals surface area contributed by atoms with E-state index in [1.165, 1.54) is 0 Å². The average Bonchev–Trinajstić information content (AvgIpc) is 3.20. The summed E-state index contributed by atoms with van der Waals surface area (Å²) in [6, 6.07) is 24.4. The topological polar surface area (TPSA) is 56.2 Å². The van der Waals surface area contributed by atoms with Crippen molar-refractivity contribution in [1.29, 1.82) is 0 Å². The van der Waals surface area contributed by atoms with Crippen LogP contribution in [-0.4, -0.2) is 15.7 Å². The van der Waals surface area contributed by atoms with Crippen molar-refractivity contribution in [2.24, 2.45) is 0 Å². The van der Waals surface area contributed by atoms with Crippen molar-refractivity contribution in [3.8, 4) is 5.75 Å². The summed E-state index contributed by atoms with van der Waals surface area (Å²) in [5.41, 5.74) is 2.47. The first-order valence-corrected chi connectivity index (χ1v) is 10.8. The van der Waals surface area contributed by atoms with Crippen molar-refractivity contribution in [3.05, 3.63) is 111 Å². The molecule has 1 N–H and O–H groups in total. The first-order valence-electron chi connectivity index (χ1n) is 9.62. The van der Waals surface area contributed by atoms with Crippen molar-refractivity contribution in [3.63, 3.8) is 0 Å². The zero-order chi connectivity index (χ0) is 21.6. The van der Waals surface area contributed by atoms with E-state index in [0.717, 1.165) is 21.3 Å². The van der Waals surface area contributed by atoms with E-state index in [0.29, 0.717) is 29.6 Å². The van der Waals surface area contributed by atoms with Crippen molar-refractivity contribution < 1.29 is 9.53 Å². The monoisotopic (exact) mass is 495 g/mol. The van der Waals surface area contributed by atoms with Gasteiger partial charge in [-0.2, -0.15) is 5.10 Å². The van der Waals surface area contributed by atoms with Crippen LogP contribution in [0.15, 0.2) is 89.5 Å². The molecule has 4 aromatic rings. The zero-order valence-corrected chi connectivity index (χ0v) is 18.8. The summed E-state index contributed by atoms with van der Waals surface area (Å²) in [5, 5.41) is 7.94. The molecule has 0 atom stereocenters. The summed E-state index contributed by atoms with van der Waals surface area (Å²) in [4.78, 5) is 12.7. The Labute approximate surface area is 193 Å². The van der Waals surface area contributed by atoms with Gasteiger partial charge < -0.3 is 10.1 Å². The molecule has 7 heteroatoms. The van der Waals surface area contributed by atoms with Gasteiger partial charge in [0.2, 0.25) is 0 Å². The van der Waals surface area contributed by atoms with Crippen LogP contribution < -0.4 is 10.1 Å². The van der Waals surface area contributed by atoms with Crippen LogP contribution >= 0.6 is 27.5 Å². The fourth-order valence-electron chi connectivity index (χ4n) is 3.05. The highest BCUT2D eigenvalue weighted by Crippen LogP contribution is 2.24. The van der Waals surface area contributed by atoms with Crippen LogP contribution in [0, 0.1) is 0 Å². The molecular formula is C24H19BrClN3O2. The first-order chi connectivity index (χ1) is 15.1. The Balaban J connectivity index is 1.38. The quantitative estimate of drug-likeness (QED) is 0.332. The Morgan fingerprint density at radius 3 is 2.65 bits per heavy atom. The number of nitrogens with zero attached hydrogens (tertiary/aromatic N) is 2. The number of ether oxygens (including phenoxy) is 1. The highest BCUT2D eigenvalue weighted by Gasteiger charge is 2.10. The second kappa shape index (κ2) is 9.81. The fraction of sp³-hybridized carbons (Fsp3) is 0.0833. The largest absolute Gasteiger partial charge is 0.488 e. The molecule has 0 spiro atoms. The van der Waals surface area contributed by atoms with Gasteiger partial charge in [0.25, 0.3) is 5.91 Å². The Kier molecular flexibility index (Phi) is 6.70. The van der Waals surface area contributed by atoms with Gasteiger partial charge in [0, 0.05) is 22.8 Å². The number of nitrogens with one attached hydrogen (secondary N) is 1. The van der Waals surface area contributed by atoms with Crippen molar-refractivity contribution in [2.45, 2.75) is 13.2 Å². The number of carbonyl (C=O) groups excluding carboxylic acids is 1.